The van der Waals surface area contributed by atoms with Gasteiger partial charge in [0.1, 0.15) is 0 Å². The fourth-order valence-corrected chi connectivity index (χ4v) is 1.60. The maximum Gasteiger partial charge on any atom is 0.387 e. The minimum absolute atomic E-state index is 0.0575. The van der Waals surface area contributed by atoms with Crippen LogP contribution in [0.25, 0.3) is 0 Å². The van der Waals surface area contributed by atoms with Crippen LogP contribution in [0.5, 0.6) is 11.5 Å². The van der Waals surface area contributed by atoms with E-state index in [2.05, 4.69) is 41.4 Å². The third-order valence-electron chi connectivity index (χ3n) is 2.23. The Morgan fingerprint density at radius 3 is 2.44 bits per heavy atom. The van der Waals surface area contributed by atoms with E-state index in [9.17, 15) is 8.78 Å². The van der Waals surface area contributed by atoms with Crippen molar-refractivity contribution in [3.63, 3.8) is 0 Å². The molecule has 18 heavy (non-hydrogen) atoms. The number of alkyl halides is 2. The molecule has 0 aliphatic heterocycles. The smallest absolute Gasteiger partial charge is 0.387 e. The van der Waals surface area contributed by atoms with Crippen molar-refractivity contribution in [3.8, 4) is 11.5 Å². The summed E-state index contributed by atoms with van der Waals surface area (Å²) >= 11 is 3.27. The van der Waals surface area contributed by atoms with Crippen molar-refractivity contribution in [2.24, 2.45) is 5.41 Å². The first-order valence-corrected chi connectivity index (χ1v) is 6.44. The van der Waals surface area contributed by atoms with E-state index in [1.54, 1.807) is 12.1 Å². The molecule has 1 aromatic carbocycles. The molecule has 0 N–H and O–H groups in total. The Balaban J connectivity index is 2.70. The van der Waals surface area contributed by atoms with Gasteiger partial charge in [0, 0.05) is 4.47 Å². The highest BCUT2D eigenvalue weighted by molar-refractivity contribution is 9.10. The second-order valence-electron chi connectivity index (χ2n) is 5.13. The molecule has 0 heterocycles. The molecular formula is C13H17BrF2O2. The fourth-order valence-electron chi connectivity index (χ4n) is 1.26. The monoisotopic (exact) mass is 322 g/mol. The normalized spacial score (nSPS) is 11.7. The van der Waals surface area contributed by atoms with Crippen molar-refractivity contribution in [1.29, 1.82) is 0 Å². The zero-order valence-electron chi connectivity index (χ0n) is 10.7. The van der Waals surface area contributed by atoms with E-state index in [0.717, 1.165) is 10.9 Å². The molecule has 0 aliphatic rings. The predicted molar refractivity (Wildman–Crippen MR) is 70.3 cm³/mol. The average molecular weight is 323 g/mol. The molecule has 0 saturated carbocycles. The molecule has 0 amide bonds. The molecule has 0 spiro atoms. The van der Waals surface area contributed by atoms with Crippen LogP contribution < -0.4 is 9.47 Å². The minimum Gasteiger partial charge on any atom is -0.490 e. The summed E-state index contributed by atoms with van der Waals surface area (Å²) in [5.41, 5.74) is 0.135. The topological polar surface area (TPSA) is 18.5 Å². The van der Waals surface area contributed by atoms with Gasteiger partial charge in [0.05, 0.1) is 6.61 Å². The van der Waals surface area contributed by atoms with E-state index in [4.69, 9.17) is 4.74 Å². The summed E-state index contributed by atoms with van der Waals surface area (Å²) in [6.45, 7) is 3.88. The Kier molecular flexibility index (Phi) is 5.38. The van der Waals surface area contributed by atoms with Crippen LogP contribution in [-0.2, 0) is 0 Å². The van der Waals surface area contributed by atoms with Crippen LogP contribution in [0.1, 0.15) is 27.2 Å². The maximum atomic E-state index is 12.2. The van der Waals surface area contributed by atoms with Gasteiger partial charge < -0.3 is 9.47 Å². The molecule has 0 atom stereocenters. The zero-order chi connectivity index (χ0) is 13.8. The second kappa shape index (κ2) is 6.36. The van der Waals surface area contributed by atoms with Crippen molar-refractivity contribution < 1.29 is 18.3 Å². The van der Waals surface area contributed by atoms with E-state index < -0.39 is 6.61 Å². The molecule has 0 unspecified atom stereocenters. The molecule has 0 saturated heterocycles. The molecular weight excluding hydrogens is 306 g/mol. The quantitative estimate of drug-likeness (QED) is 0.770. The summed E-state index contributed by atoms with van der Waals surface area (Å²) in [5, 5.41) is 0. The number of hydrogen-bond donors (Lipinski definition) is 0. The molecule has 1 rings (SSSR count). The van der Waals surface area contributed by atoms with Gasteiger partial charge in [-0.05, 0) is 30.0 Å². The summed E-state index contributed by atoms with van der Waals surface area (Å²) in [6.07, 6.45) is 0.827. The lowest BCUT2D eigenvalue weighted by Crippen LogP contribution is -2.12. The molecule has 102 valence electrons. The lowest BCUT2D eigenvalue weighted by molar-refractivity contribution is -0.0516. The Morgan fingerprint density at radius 2 is 1.89 bits per heavy atom. The second-order valence-corrected chi connectivity index (χ2v) is 6.04. The van der Waals surface area contributed by atoms with Crippen LogP contribution in [-0.4, -0.2) is 13.2 Å². The highest BCUT2D eigenvalue weighted by atomic mass is 79.9. The van der Waals surface area contributed by atoms with Crippen LogP contribution in [0.4, 0.5) is 8.78 Å². The first-order chi connectivity index (χ1) is 8.28. The van der Waals surface area contributed by atoms with Crippen molar-refractivity contribution in [3.05, 3.63) is 22.7 Å². The summed E-state index contributed by atoms with van der Waals surface area (Å²) in [6, 6.07) is 4.72. The first kappa shape index (κ1) is 15.2. The highest BCUT2D eigenvalue weighted by Gasteiger charge is 2.14. The van der Waals surface area contributed by atoms with Crippen molar-refractivity contribution in [2.45, 2.75) is 33.8 Å². The summed E-state index contributed by atoms with van der Waals surface area (Å²) < 4.78 is 35.1. The molecule has 5 heteroatoms. The van der Waals surface area contributed by atoms with Gasteiger partial charge in [-0.25, -0.2) is 0 Å². The zero-order valence-corrected chi connectivity index (χ0v) is 12.3. The standard InChI is InChI=1S/C13H17BrF2O2/c1-13(2,3)6-7-17-11-8-9(14)4-5-10(11)18-12(15)16/h4-5,8,12H,6-7H2,1-3H3. The number of benzene rings is 1. The minimum atomic E-state index is -2.85. The highest BCUT2D eigenvalue weighted by Crippen LogP contribution is 2.32. The van der Waals surface area contributed by atoms with Gasteiger partial charge in [0.2, 0.25) is 0 Å². The number of ether oxygens (including phenoxy) is 2. The number of halogens is 3. The lowest BCUT2D eigenvalue weighted by atomic mass is 9.93. The molecule has 0 fully saturated rings. The molecule has 2 nitrogen and oxygen atoms in total. The Labute approximate surface area is 114 Å². The van der Waals surface area contributed by atoms with Gasteiger partial charge in [0.25, 0.3) is 0 Å². The van der Waals surface area contributed by atoms with Crippen LogP contribution >= 0.6 is 15.9 Å². The van der Waals surface area contributed by atoms with Crippen molar-refractivity contribution >= 4 is 15.9 Å². The van der Waals surface area contributed by atoms with Gasteiger partial charge >= 0.3 is 6.61 Å². The molecule has 0 aromatic heterocycles. The maximum absolute atomic E-state index is 12.2. The van der Waals surface area contributed by atoms with E-state index in [1.165, 1.54) is 6.07 Å². The first-order valence-electron chi connectivity index (χ1n) is 5.65. The van der Waals surface area contributed by atoms with E-state index in [-0.39, 0.29) is 11.2 Å². The number of hydrogen-bond acceptors (Lipinski definition) is 2. The summed E-state index contributed by atoms with van der Waals surface area (Å²) in [4.78, 5) is 0. The van der Waals surface area contributed by atoms with Gasteiger partial charge in [-0.2, -0.15) is 8.78 Å². The Morgan fingerprint density at radius 1 is 1.22 bits per heavy atom. The van der Waals surface area contributed by atoms with Gasteiger partial charge in [-0.15, -0.1) is 0 Å². The molecule has 1 aromatic rings. The Hall–Kier alpha value is -0.840. The van der Waals surface area contributed by atoms with E-state index >= 15 is 0 Å². The SMILES string of the molecule is CC(C)(C)CCOc1cc(Br)ccc1OC(F)F. The van der Waals surface area contributed by atoms with Crippen LogP contribution in [0.2, 0.25) is 0 Å². The van der Waals surface area contributed by atoms with Gasteiger partial charge in [-0.1, -0.05) is 36.7 Å². The van der Waals surface area contributed by atoms with Gasteiger partial charge in [-0.3, -0.25) is 0 Å². The lowest BCUT2D eigenvalue weighted by Gasteiger charge is -2.19. The van der Waals surface area contributed by atoms with Crippen molar-refractivity contribution in [1.82, 2.24) is 0 Å². The summed E-state index contributed by atoms with van der Waals surface area (Å²) in [5.74, 6) is 0.385. The van der Waals surface area contributed by atoms with Crippen LogP contribution in [0, 0.1) is 5.41 Å². The predicted octanol–water partition coefficient (Wildman–Crippen LogP) is 4.87. The van der Waals surface area contributed by atoms with Crippen molar-refractivity contribution in [2.75, 3.05) is 6.61 Å². The third-order valence-corrected chi connectivity index (χ3v) is 2.72. The largest absolute Gasteiger partial charge is 0.490 e. The average Bonchev–Trinajstić information content (AvgIpc) is 2.19. The summed E-state index contributed by atoms with van der Waals surface area (Å²) in [7, 11) is 0. The fraction of sp³-hybridized carbons (Fsp3) is 0.538. The van der Waals surface area contributed by atoms with Crippen LogP contribution in [0.3, 0.4) is 0 Å². The third kappa shape index (κ3) is 5.67. The van der Waals surface area contributed by atoms with Gasteiger partial charge in [0.15, 0.2) is 11.5 Å². The van der Waals surface area contributed by atoms with Crippen LogP contribution in [0.15, 0.2) is 22.7 Å². The molecule has 0 radical (unpaired) electrons. The Bertz CT molecular complexity index is 389. The molecule has 0 bridgehead atoms. The van der Waals surface area contributed by atoms with E-state index in [0.29, 0.717) is 12.4 Å². The van der Waals surface area contributed by atoms with E-state index in [1.807, 2.05) is 0 Å². The number of rotatable bonds is 5. The molecule has 0 aliphatic carbocycles.